The van der Waals surface area contributed by atoms with Gasteiger partial charge in [0.2, 0.25) is 5.91 Å². The van der Waals surface area contributed by atoms with Crippen molar-refractivity contribution in [3.8, 4) is 0 Å². The van der Waals surface area contributed by atoms with Gasteiger partial charge in [0.25, 0.3) is 0 Å². The number of nitrogens with one attached hydrogen (secondary N) is 1. The van der Waals surface area contributed by atoms with Crippen LogP contribution in [0.1, 0.15) is 46.2 Å². The Morgan fingerprint density at radius 3 is 2.24 bits per heavy atom. The fourth-order valence-corrected chi connectivity index (χ4v) is 2.20. The minimum atomic E-state index is -0.816. The van der Waals surface area contributed by atoms with Crippen LogP contribution in [0, 0.1) is 11.3 Å². The van der Waals surface area contributed by atoms with Crippen molar-refractivity contribution in [2.75, 3.05) is 6.61 Å². The molecular formula is C17H25NO3. The van der Waals surface area contributed by atoms with E-state index in [0.29, 0.717) is 0 Å². The van der Waals surface area contributed by atoms with Gasteiger partial charge in [-0.3, -0.25) is 9.59 Å². The molecule has 2 atom stereocenters. The Hall–Kier alpha value is -1.84. The van der Waals surface area contributed by atoms with E-state index in [9.17, 15) is 9.59 Å². The van der Waals surface area contributed by atoms with Crippen molar-refractivity contribution in [2.45, 2.75) is 40.7 Å². The van der Waals surface area contributed by atoms with Crippen molar-refractivity contribution in [3.05, 3.63) is 35.9 Å². The summed E-state index contributed by atoms with van der Waals surface area (Å²) in [5.74, 6) is -1.58. The highest BCUT2D eigenvalue weighted by Gasteiger charge is 2.39. The van der Waals surface area contributed by atoms with Crippen LogP contribution in [0.3, 0.4) is 0 Å². The summed E-state index contributed by atoms with van der Waals surface area (Å²) in [5.41, 5.74) is 0.509. The second-order valence-corrected chi connectivity index (χ2v) is 6.19. The van der Waals surface area contributed by atoms with E-state index in [1.54, 1.807) is 6.92 Å². The predicted octanol–water partition coefficient (Wildman–Crippen LogP) is 3.09. The summed E-state index contributed by atoms with van der Waals surface area (Å²) in [6.07, 6.45) is 0. The van der Waals surface area contributed by atoms with Crippen LogP contribution in [-0.4, -0.2) is 18.5 Å². The second-order valence-electron chi connectivity index (χ2n) is 6.19. The van der Waals surface area contributed by atoms with Gasteiger partial charge < -0.3 is 10.1 Å². The summed E-state index contributed by atoms with van der Waals surface area (Å²) in [6.45, 7) is 9.50. The number of carbonyl (C=O) groups excluding carboxylic acids is 2. The Morgan fingerprint density at radius 1 is 1.19 bits per heavy atom. The van der Waals surface area contributed by atoms with Gasteiger partial charge in [0, 0.05) is 0 Å². The molecule has 4 heteroatoms. The third-order valence-electron chi connectivity index (χ3n) is 3.31. The number of hydrogen-bond acceptors (Lipinski definition) is 3. The van der Waals surface area contributed by atoms with E-state index in [0.717, 1.165) is 5.56 Å². The molecule has 0 fully saturated rings. The monoisotopic (exact) mass is 291 g/mol. The topological polar surface area (TPSA) is 55.4 Å². The van der Waals surface area contributed by atoms with Gasteiger partial charge in [-0.15, -0.1) is 0 Å². The highest BCUT2D eigenvalue weighted by atomic mass is 16.5. The molecule has 0 aliphatic heterocycles. The Balaban J connectivity index is 2.85. The summed E-state index contributed by atoms with van der Waals surface area (Å²) in [4.78, 5) is 24.5. The van der Waals surface area contributed by atoms with Gasteiger partial charge >= 0.3 is 5.97 Å². The van der Waals surface area contributed by atoms with E-state index in [2.05, 4.69) is 5.32 Å². The minimum Gasteiger partial charge on any atom is -0.465 e. The van der Waals surface area contributed by atoms with Crippen LogP contribution in [0.5, 0.6) is 0 Å². The van der Waals surface area contributed by atoms with Crippen LogP contribution in [0.4, 0.5) is 0 Å². The normalized spacial score (nSPS) is 14.1. The Labute approximate surface area is 126 Å². The molecule has 0 heterocycles. The van der Waals surface area contributed by atoms with E-state index in [1.165, 1.54) is 0 Å². The third-order valence-corrected chi connectivity index (χ3v) is 3.31. The van der Waals surface area contributed by atoms with Crippen LogP contribution in [0.15, 0.2) is 30.3 Å². The zero-order chi connectivity index (χ0) is 16.0. The van der Waals surface area contributed by atoms with Gasteiger partial charge in [0.15, 0.2) is 0 Å². The molecule has 0 spiro atoms. The van der Waals surface area contributed by atoms with Gasteiger partial charge in [-0.25, -0.2) is 0 Å². The van der Waals surface area contributed by atoms with E-state index in [1.807, 2.05) is 58.0 Å². The fourth-order valence-electron chi connectivity index (χ4n) is 2.20. The zero-order valence-electron chi connectivity index (χ0n) is 13.5. The molecule has 1 rings (SSSR count). The lowest BCUT2D eigenvalue weighted by Crippen LogP contribution is -2.44. The molecule has 0 saturated heterocycles. The molecule has 0 radical (unpaired) electrons. The number of esters is 1. The first-order valence-electron chi connectivity index (χ1n) is 7.29. The zero-order valence-corrected chi connectivity index (χ0v) is 13.5. The maximum absolute atomic E-state index is 12.5. The quantitative estimate of drug-likeness (QED) is 0.670. The largest absolute Gasteiger partial charge is 0.465 e. The molecule has 1 aromatic carbocycles. The molecule has 2 unspecified atom stereocenters. The Bertz CT molecular complexity index is 477. The van der Waals surface area contributed by atoms with Crippen LogP contribution in [-0.2, 0) is 14.3 Å². The Morgan fingerprint density at radius 2 is 1.76 bits per heavy atom. The van der Waals surface area contributed by atoms with Crippen LogP contribution in [0.2, 0.25) is 0 Å². The molecule has 4 nitrogen and oxygen atoms in total. The number of carbonyl (C=O) groups is 2. The molecule has 0 aromatic heterocycles. The van der Waals surface area contributed by atoms with Crippen molar-refractivity contribution < 1.29 is 14.3 Å². The Kier molecular flexibility index (Phi) is 5.94. The summed E-state index contributed by atoms with van der Waals surface area (Å²) in [7, 11) is 0. The van der Waals surface area contributed by atoms with Gasteiger partial charge in [-0.2, -0.15) is 0 Å². The first kappa shape index (κ1) is 17.2. The van der Waals surface area contributed by atoms with Crippen molar-refractivity contribution in [3.63, 3.8) is 0 Å². The lowest BCUT2D eigenvalue weighted by molar-refractivity contribution is -0.156. The number of ether oxygens (including phenoxy) is 1. The van der Waals surface area contributed by atoms with Crippen LogP contribution >= 0.6 is 0 Å². The number of hydrogen-bond donors (Lipinski definition) is 1. The predicted molar refractivity (Wildman–Crippen MR) is 82.6 cm³/mol. The third kappa shape index (κ3) is 4.88. The average molecular weight is 291 g/mol. The van der Waals surface area contributed by atoms with Crippen molar-refractivity contribution >= 4 is 11.9 Å². The molecule has 0 bridgehead atoms. The summed E-state index contributed by atoms with van der Waals surface area (Å²) < 4.78 is 5.04. The van der Waals surface area contributed by atoms with E-state index in [-0.39, 0.29) is 18.6 Å². The molecule has 1 aromatic rings. The second kappa shape index (κ2) is 7.25. The van der Waals surface area contributed by atoms with Gasteiger partial charge in [0.1, 0.15) is 5.92 Å². The van der Waals surface area contributed by atoms with Crippen LogP contribution in [0.25, 0.3) is 0 Å². The van der Waals surface area contributed by atoms with Gasteiger partial charge in [-0.1, -0.05) is 51.1 Å². The fraction of sp³-hybridized carbons (Fsp3) is 0.529. The molecule has 0 aliphatic carbocycles. The summed E-state index contributed by atoms with van der Waals surface area (Å²) in [5, 5.41) is 2.90. The number of amides is 1. The highest BCUT2D eigenvalue weighted by molar-refractivity contribution is 5.98. The molecule has 0 aliphatic rings. The molecule has 116 valence electrons. The van der Waals surface area contributed by atoms with Gasteiger partial charge in [-0.05, 0) is 24.8 Å². The highest BCUT2D eigenvalue weighted by Crippen LogP contribution is 2.28. The first-order valence-corrected chi connectivity index (χ1v) is 7.29. The molecule has 0 saturated carbocycles. The van der Waals surface area contributed by atoms with E-state index in [4.69, 9.17) is 4.74 Å². The van der Waals surface area contributed by atoms with Crippen LogP contribution < -0.4 is 5.32 Å². The van der Waals surface area contributed by atoms with Crippen molar-refractivity contribution in [1.82, 2.24) is 5.32 Å². The molecule has 1 N–H and O–H groups in total. The summed E-state index contributed by atoms with van der Waals surface area (Å²) >= 11 is 0. The minimum absolute atomic E-state index is 0.155. The lowest BCUT2D eigenvalue weighted by Gasteiger charge is -2.29. The lowest BCUT2D eigenvalue weighted by atomic mass is 9.80. The van der Waals surface area contributed by atoms with E-state index >= 15 is 0 Å². The molecule has 1 amide bonds. The first-order chi connectivity index (χ1) is 9.77. The smallest absolute Gasteiger partial charge is 0.319 e. The number of rotatable bonds is 5. The summed E-state index contributed by atoms with van der Waals surface area (Å²) in [6, 6.07) is 9.50. The van der Waals surface area contributed by atoms with Crippen molar-refractivity contribution in [1.29, 1.82) is 0 Å². The van der Waals surface area contributed by atoms with Crippen molar-refractivity contribution in [2.24, 2.45) is 11.3 Å². The maximum Gasteiger partial charge on any atom is 0.319 e. The SMILES string of the molecule is CCOC(=O)C(C(=O)NC(C)c1ccccc1)C(C)(C)C. The molecule has 21 heavy (non-hydrogen) atoms. The van der Waals surface area contributed by atoms with Gasteiger partial charge in [0.05, 0.1) is 12.6 Å². The number of benzene rings is 1. The maximum atomic E-state index is 12.5. The average Bonchev–Trinajstić information content (AvgIpc) is 2.38. The van der Waals surface area contributed by atoms with E-state index < -0.39 is 17.3 Å². The standard InChI is InChI=1S/C17H25NO3/c1-6-21-16(20)14(17(3,4)5)15(19)18-12(2)13-10-8-7-9-11-13/h7-12,14H,6H2,1-5H3,(H,18,19). The molecular weight excluding hydrogens is 266 g/mol.